The highest BCUT2D eigenvalue weighted by Crippen LogP contribution is 2.22. The molecule has 7 nitrogen and oxygen atoms in total. The van der Waals surface area contributed by atoms with Crippen molar-refractivity contribution in [2.24, 2.45) is 5.92 Å². The number of sulfonamides is 1. The fraction of sp³-hybridized carbons (Fsp3) is 0.481. The van der Waals surface area contributed by atoms with E-state index in [4.69, 9.17) is 11.6 Å². The van der Waals surface area contributed by atoms with Crippen molar-refractivity contribution in [2.45, 2.75) is 59.5 Å². The molecule has 0 spiro atoms. The van der Waals surface area contributed by atoms with Crippen molar-refractivity contribution in [3.8, 4) is 0 Å². The number of hydrogen-bond acceptors (Lipinski definition) is 4. The maximum atomic E-state index is 13.4. The standard InChI is InChI=1S/C27H38ClN3O4S/c1-6-25(27(33)29-18-20(2)3)30(19-22-10-7-8-11-24(22)28)26(32)12-9-17-31(36(5,34)35)23-15-13-21(4)14-16-23/h7-8,10-11,13-16,20,25H,6,9,12,17-19H2,1-5H3,(H,29,33)/t25-/m1/s1. The van der Waals surface area contributed by atoms with Crippen LogP contribution in [0.2, 0.25) is 5.02 Å². The van der Waals surface area contributed by atoms with Gasteiger partial charge in [-0.3, -0.25) is 13.9 Å². The number of carbonyl (C=O) groups excluding carboxylic acids is 2. The second kappa shape index (κ2) is 13.7. The zero-order valence-electron chi connectivity index (χ0n) is 21.8. The van der Waals surface area contributed by atoms with Crippen LogP contribution in [0.1, 0.15) is 51.2 Å². The summed E-state index contributed by atoms with van der Waals surface area (Å²) in [5, 5.41) is 3.46. The SMILES string of the molecule is CC[C@H](C(=O)NCC(C)C)N(Cc1ccccc1Cl)C(=O)CCCN(c1ccc(C)cc1)S(C)(=O)=O. The van der Waals surface area contributed by atoms with E-state index in [1.165, 1.54) is 4.31 Å². The summed E-state index contributed by atoms with van der Waals surface area (Å²) in [6.07, 6.45) is 2.00. The van der Waals surface area contributed by atoms with Gasteiger partial charge in [0.2, 0.25) is 21.8 Å². The Bertz CT molecular complexity index is 1120. The van der Waals surface area contributed by atoms with Crippen LogP contribution in [-0.2, 0) is 26.2 Å². The summed E-state index contributed by atoms with van der Waals surface area (Å²) in [7, 11) is -3.53. The molecule has 198 valence electrons. The molecule has 0 bridgehead atoms. The predicted molar refractivity (Wildman–Crippen MR) is 147 cm³/mol. The number of rotatable bonds is 13. The summed E-state index contributed by atoms with van der Waals surface area (Å²) in [5.41, 5.74) is 2.34. The molecule has 2 aromatic rings. The van der Waals surface area contributed by atoms with Gasteiger partial charge in [-0.25, -0.2) is 8.42 Å². The van der Waals surface area contributed by atoms with Crippen LogP contribution in [0.15, 0.2) is 48.5 Å². The molecule has 0 aliphatic rings. The van der Waals surface area contributed by atoms with Gasteiger partial charge in [0.25, 0.3) is 0 Å². The van der Waals surface area contributed by atoms with Crippen molar-refractivity contribution in [1.29, 1.82) is 0 Å². The van der Waals surface area contributed by atoms with Gasteiger partial charge in [-0.1, -0.05) is 68.3 Å². The molecule has 0 aliphatic carbocycles. The van der Waals surface area contributed by atoms with Gasteiger partial charge in [-0.15, -0.1) is 0 Å². The Hall–Kier alpha value is -2.58. The fourth-order valence-electron chi connectivity index (χ4n) is 3.87. The monoisotopic (exact) mass is 535 g/mol. The lowest BCUT2D eigenvalue weighted by Gasteiger charge is -2.31. The number of aryl methyl sites for hydroxylation is 1. The number of amides is 2. The topological polar surface area (TPSA) is 86.8 Å². The van der Waals surface area contributed by atoms with Crippen LogP contribution >= 0.6 is 11.6 Å². The molecular formula is C27H38ClN3O4S. The molecular weight excluding hydrogens is 498 g/mol. The van der Waals surface area contributed by atoms with Gasteiger partial charge >= 0.3 is 0 Å². The van der Waals surface area contributed by atoms with Crippen LogP contribution in [0.3, 0.4) is 0 Å². The lowest BCUT2D eigenvalue weighted by molar-refractivity contribution is -0.141. The highest BCUT2D eigenvalue weighted by Gasteiger charge is 2.29. The fourth-order valence-corrected chi connectivity index (χ4v) is 5.03. The minimum absolute atomic E-state index is 0.0935. The number of anilines is 1. The second-order valence-electron chi connectivity index (χ2n) is 9.45. The quantitative estimate of drug-likeness (QED) is 0.400. The molecule has 0 saturated heterocycles. The number of hydrogen-bond donors (Lipinski definition) is 1. The number of halogens is 1. The highest BCUT2D eigenvalue weighted by atomic mass is 35.5. The molecule has 2 aromatic carbocycles. The molecule has 0 saturated carbocycles. The highest BCUT2D eigenvalue weighted by molar-refractivity contribution is 7.92. The maximum absolute atomic E-state index is 13.4. The van der Waals surface area contributed by atoms with Crippen LogP contribution in [0.5, 0.6) is 0 Å². The minimum atomic E-state index is -3.53. The van der Waals surface area contributed by atoms with Gasteiger partial charge in [0.15, 0.2) is 0 Å². The van der Waals surface area contributed by atoms with E-state index in [0.29, 0.717) is 30.1 Å². The van der Waals surface area contributed by atoms with Crippen molar-refractivity contribution in [3.63, 3.8) is 0 Å². The van der Waals surface area contributed by atoms with Gasteiger partial charge in [0, 0.05) is 31.1 Å². The van der Waals surface area contributed by atoms with E-state index in [9.17, 15) is 18.0 Å². The van der Waals surface area contributed by atoms with Crippen molar-refractivity contribution in [3.05, 3.63) is 64.7 Å². The van der Waals surface area contributed by atoms with Crippen molar-refractivity contribution in [2.75, 3.05) is 23.7 Å². The Balaban J connectivity index is 2.21. The van der Waals surface area contributed by atoms with E-state index < -0.39 is 16.1 Å². The molecule has 0 unspecified atom stereocenters. The van der Waals surface area contributed by atoms with Crippen molar-refractivity contribution in [1.82, 2.24) is 10.2 Å². The Morgan fingerprint density at radius 3 is 2.25 bits per heavy atom. The molecule has 36 heavy (non-hydrogen) atoms. The first-order valence-electron chi connectivity index (χ1n) is 12.3. The summed E-state index contributed by atoms with van der Waals surface area (Å²) in [5.74, 6) is -0.147. The van der Waals surface area contributed by atoms with Crippen molar-refractivity contribution < 1.29 is 18.0 Å². The molecule has 0 aliphatic heterocycles. The third-order valence-electron chi connectivity index (χ3n) is 5.84. The average molecular weight is 536 g/mol. The molecule has 1 atom stereocenters. The lowest BCUT2D eigenvalue weighted by Crippen LogP contribution is -2.49. The number of carbonyl (C=O) groups is 2. The number of benzene rings is 2. The van der Waals surface area contributed by atoms with Crippen LogP contribution in [0.4, 0.5) is 5.69 Å². The van der Waals surface area contributed by atoms with E-state index >= 15 is 0 Å². The van der Waals surface area contributed by atoms with Crippen LogP contribution < -0.4 is 9.62 Å². The normalized spacial score (nSPS) is 12.3. The first-order chi connectivity index (χ1) is 16.9. The van der Waals surface area contributed by atoms with Crippen molar-refractivity contribution >= 4 is 39.1 Å². The molecule has 9 heteroatoms. The zero-order chi connectivity index (χ0) is 26.9. The van der Waals surface area contributed by atoms with E-state index in [2.05, 4.69) is 5.32 Å². The molecule has 2 amide bonds. The number of nitrogens with one attached hydrogen (secondary N) is 1. The first kappa shape index (κ1) is 29.6. The average Bonchev–Trinajstić information content (AvgIpc) is 2.81. The van der Waals surface area contributed by atoms with E-state index in [1.54, 1.807) is 23.1 Å². The maximum Gasteiger partial charge on any atom is 0.242 e. The van der Waals surface area contributed by atoms with E-state index in [1.807, 2.05) is 58.0 Å². The molecule has 0 fully saturated rings. The summed E-state index contributed by atoms with van der Waals surface area (Å²) in [6, 6.07) is 13.8. The third kappa shape index (κ3) is 8.82. The zero-order valence-corrected chi connectivity index (χ0v) is 23.4. The van der Waals surface area contributed by atoms with Crippen LogP contribution in [0.25, 0.3) is 0 Å². The summed E-state index contributed by atoms with van der Waals surface area (Å²) in [6.45, 7) is 8.69. The first-order valence-corrected chi connectivity index (χ1v) is 14.5. The van der Waals surface area contributed by atoms with E-state index in [0.717, 1.165) is 17.4 Å². The predicted octanol–water partition coefficient (Wildman–Crippen LogP) is 4.77. The third-order valence-corrected chi connectivity index (χ3v) is 7.41. The Morgan fingerprint density at radius 2 is 1.69 bits per heavy atom. The smallest absolute Gasteiger partial charge is 0.242 e. The molecule has 0 heterocycles. The van der Waals surface area contributed by atoms with Gasteiger partial charge in [0.05, 0.1) is 11.9 Å². The summed E-state index contributed by atoms with van der Waals surface area (Å²) < 4.78 is 26.2. The Labute approximate surface area is 220 Å². The summed E-state index contributed by atoms with van der Waals surface area (Å²) >= 11 is 6.37. The van der Waals surface area contributed by atoms with Gasteiger partial charge in [-0.05, 0) is 49.4 Å². The van der Waals surface area contributed by atoms with Gasteiger partial charge in [0.1, 0.15) is 6.04 Å². The van der Waals surface area contributed by atoms with Crippen LogP contribution in [0, 0.1) is 12.8 Å². The Kier molecular flexibility index (Phi) is 11.2. The van der Waals surface area contributed by atoms with Gasteiger partial charge in [-0.2, -0.15) is 0 Å². The van der Waals surface area contributed by atoms with Crippen LogP contribution in [-0.4, -0.2) is 50.5 Å². The molecule has 1 N–H and O–H groups in total. The number of nitrogens with zero attached hydrogens (tertiary/aromatic N) is 2. The summed E-state index contributed by atoms with van der Waals surface area (Å²) in [4.78, 5) is 28.0. The lowest BCUT2D eigenvalue weighted by atomic mass is 10.1. The second-order valence-corrected chi connectivity index (χ2v) is 11.8. The Morgan fingerprint density at radius 1 is 1.06 bits per heavy atom. The van der Waals surface area contributed by atoms with E-state index in [-0.39, 0.29) is 37.2 Å². The van der Waals surface area contributed by atoms with Gasteiger partial charge < -0.3 is 10.2 Å². The molecule has 0 aromatic heterocycles. The molecule has 0 radical (unpaired) electrons. The minimum Gasteiger partial charge on any atom is -0.354 e. The molecule has 2 rings (SSSR count). The largest absolute Gasteiger partial charge is 0.354 e.